The number of carbonyl (C=O) groups is 1. The predicted molar refractivity (Wildman–Crippen MR) is 82.7 cm³/mol. The lowest BCUT2D eigenvalue weighted by Gasteiger charge is -1.98. The molecule has 1 heterocycles. The van der Waals surface area contributed by atoms with E-state index in [2.05, 4.69) is 4.74 Å². The van der Waals surface area contributed by atoms with Gasteiger partial charge < -0.3 is 9.15 Å². The van der Waals surface area contributed by atoms with Crippen LogP contribution in [0.1, 0.15) is 5.56 Å². The van der Waals surface area contributed by atoms with Crippen molar-refractivity contribution < 1.29 is 13.9 Å². The maximum absolute atomic E-state index is 11.4. The van der Waals surface area contributed by atoms with Crippen molar-refractivity contribution in [3.05, 3.63) is 66.2 Å². The third kappa shape index (κ3) is 2.58. The minimum Gasteiger partial charge on any atom is -0.466 e. The van der Waals surface area contributed by atoms with Crippen LogP contribution in [0.5, 0.6) is 0 Å². The molecule has 104 valence electrons. The van der Waals surface area contributed by atoms with Gasteiger partial charge in [0.25, 0.3) is 0 Å². The molecule has 0 N–H and O–H groups in total. The third-order valence-corrected chi connectivity index (χ3v) is 3.26. The number of rotatable bonds is 3. The molecular formula is C18H14O3. The van der Waals surface area contributed by atoms with Crippen LogP contribution >= 0.6 is 0 Å². The summed E-state index contributed by atoms with van der Waals surface area (Å²) in [5, 5.41) is 0.969. The second-order valence-corrected chi connectivity index (χ2v) is 4.56. The van der Waals surface area contributed by atoms with E-state index in [-0.39, 0.29) is 5.97 Å². The van der Waals surface area contributed by atoms with Gasteiger partial charge in [0, 0.05) is 22.6 Å². The SMILES string of the molecule is COC(=O)/C=C/c1c(-c2ccccc2)oc2ccccc12. The van der Waals surface area contributed by atoms with E-state index < -0.39 is 0 Å². The van der Waals surface area contributed by atoms with Crippen molar-refractivity contribution in [2.24, 2.45) is 0 Å². The van der Waals surface area contributed by atoms with E-state index in [1.807, 2.05) is 54.6 Å². The average Bonchev–Trinajstić information content (AvgIpc) is 2.92. The van der Waals surface area contributed by atoms with Gasteiger partial charge in [0.2, 0.25) is 0 Å². The normalized spacial score (nSPS) is 11.1. The number of carbonyl (C=O) groups excluding carboxylic acids is 1. The summed E-state index contributed by atoms with van der Waals surface area (Å²) in [6, 6.07) is 17.6. The number of furan rings is 1. The van der Waals surface area contributed by atoms with Gasteiger partial charge in [-0.25, -0.2) is 4.79 Å². The molecular weight excluding hydrogens is 264 g/mol. The zero-order chi connectivity index (χ0) is 14.7. The van der Waals surface area contributed by atoms with Gasteiger partial charge in [-0.3, -0.25) is 0 Å². The van der Waals surface area contributed by atoms with Crippen molar-refractivity contribution in [3.63, 3.8) is 0 Å². The van der Waals surface area contributed by atoms with E-state index in [4.69, 9.17) is 4.42 Å². The molecule has 0 unspecified atom stereocenters. The van der Waals surface area contributed by atoms with Crippen LogP contribution < -0.4 is 0 Å². The van der Waals surface area contributed by atoms with Gasteiger partial charge in [0.1, 0.15) is 11.3 Å². The first kappa shape index (κ1) is 13.2. The maximum atomic E-state index is 11.4. The number of methoxy groups -OCH3 is 1. The molecule has 0 atom stereocenters. The second-order valence-electron chi connectivity index (χ2n) is 4.56. The van der Waals surface area contributed by atoms with Gasteiger partial charge in [0.05, 0.1) is 7.11 Å². The summed E-state index contributed by atoms with van der Waals surface area (Å²) in [5.41, 5.74) is 2.64. The van der Waals surface area contributed by atoms with Crippen molar-refractivity contribution in [2.75, 3.05) is 7.11 Å². The highest BCUT2D eigenvalue weighted by molar-refractivity contribution is 5.97. The van der Waals surface area contributed by atoms with Gasteiger partial charge in [0.15, 0.2) is 0 Å². The summed E-state index contributed by atoms with van der Waals surface area (Å²) >= 11 is 0. The Labute approximate surface area is 122 Å². The third-order valence-electron chi connectivity index (χ3n) is 3.26. The van der Waals surface area contributed by atoms with Crippen LogP contribution in [0.15, 0.2) is 65.1 Å². The zero-order valence-corrected chi connectivity index (χ0v) is 11.6. The van der Waals surface area contributed by atoms with E-state index in [1.165, 1.54) is 13.2 Å². The van der Waals surface area contributed by atoms with E-state index >= 15 is 0 Å². The van der Waals surface area contributed by atoms with Crippen LogP contribution in [0.25, 0.3) is 28.4 Å². The van der Waals surface area contributed by atoms with Gasteiger partial charge in [-0.15, -0.1) is 0 Å². The number of ether oxygens (including phenoxy) is 1. The fraction of sp³-hybridized carbons (Fsp3) is 0.0556. The molecule has 0 fully saturated rings. The van der Waals surface area contributed by atoms with Crippen LogP contribution in [-0.4, -0.2) is 13.1 Å². The first-order chi connectivity index (χ1) is 10.3. The van der Waals surface area contributed by atoms with Crippen molar-refractivity contribution >= 4 is 23.0 Å². The van der Waals surface area contributed by atoms with E-state index in [0.29, 0.717) is 0 Å². The van der Waals surface area contributed by atoms with E-state index in [0.717, 1.165) is 27.9 Å². The molecule has 0 bridgehead atoms. The monoisotopic (exact) mass is 278 g/mol. The highest BCUT2D eigenvalue weighted by Crippen LogP contribution is 2.34. The lowest BCUT2D eigenvalue weighted by Crippen LogP contribution is -1.93. The van der Waals surface area contributed by atoms with Crippen molar-refractivity contribution in [1.82, 2.24) is 0 Å². The highest BCUT2D eigenvalue weighted by atomic mass is 16.5. The zero-order valence-electron chi connectivity index (χ0n) is 11.6. The molecule has 0 aliphatic rings. The highest BCUT2D eigenvalue weighted by Gasteiger charge is 2.13. The van der Waals surface area contributed by atoms with Crippen LogP contribution in [0.3, 0.4) is 0 Å². The lowest BCUT2D eigenvalue weighted by molar-refractivity contribution is -0.134. The summed E-state index contributed by atoms with van der Waals surface area (Å²) in [4.78, 5) is 11.4. The van der Waals surface area contributed by atoms with E-state index in [9.17, 15) is 4.79 Å². The fourth-order valence-corrected chi connectivity index (χ4v) is 2.25. The molecule has 3 rings (SSSR count). The Balaban J connectivity index is 2.19. The Morgan fingerprint density at radius 2 is 1.76 bits per heavy atom. The van der Waals surface area contributed by atoms with Gasteiger partial charge in [-0.05, 0) is 12.1 Å². The number of esters is 1. The fourth-order valence-electron chi connectivity index (χ4n) is 2.25. The summed E-state index contributed by atoms with van der Waals surface area (Å²) < 4.78 is 10.6. The molecule has 3 nitrogen and oxygen atoms in total. The summed E-state index contributed by atoms with van der Waals surface area (Å²) in [6.07, 6.45) is 3.14. The number of hydrogen-bond acceptors (Lipinski definition) is 3. The second kappa shape index (κ2) is 5.67. The molecule has 0 radical (unpaired) electrons. The minimum absolute atomic E-state index is 0.390. The molecule has 0 saturated carbocycles. The molecule has 0 saturated heterocycles. The molecule has 3 aromatic rings. The Morgan fingerprint density at radius 3 is 2.52 bits per heavy atom. The predicted octanol–water partition coefficient (Wildman–Crippen LogP) is 4.29. The van der Waals surface area contributed by atoms with Crippen LogP contribution in [0.2, 0.25) is 0 Å². The minimum atomic E-state index is -0.390. The number of para-hydroxylation sites is 1. The van der Waals surface area contributed by atoms with Crippen LogP contribution in [0, 0.1) is 0 Å². The van der Waals surface area contributed by atoms with Crippen molar-refractivity contribution in [2.45, 2.75) is 0 Å². The standard InChI is InChI=1S/C18H14O3/c1-20-17(19)12-11-15-14-9-5-6-10-16(14)21-18(15)13-7-3-2-4-8-13/h2-12H,1H3/b12-11+. The Morgan fingerprint density at radius 1 is 1.05 bits per heavy atom. The summed E-state index contributed by atoms with van der Waals surface area (Å²) in [6.45, 7) is 0. The van der Waals surface area contributed by atoms with Crippen LogP contribution in [0.4, 0.5) is 0 Å². The summed E-state index contributed by atoms with van der Waals surface area (Å²) in [5.74, 6) is 0.358. The van der Waals surface area contributed by atoms with Crippen molar-refractivity contribution in [1.29, 1.82) is 0 Å². The molecule has 3 heteroatoms. The van der Waals surface area contributed by atoms with Gasteiger partial charge in [-0.1, -0.05) is 48.5 Å². The maximum Gasteiger partial charge on any atom is 0.330 e. The molecule has 0 aliphatic carbocycles. The van der Waals surface area contributed by atoms with Crippen molar-refractivity contribution in [3.8, 4) is 11.3 Å². The Kier molecular flexibility index (Phi) is 3.56. The molecule has 0 aliphatic heterocycles. The smallest absolute Gasteiger partial charge is 0.330 e. The summed E-state index contributed by atoms with van der Waals surface area (Å²) in [7, 11) is 1.36. The number of benzene rings is 2. The van der Waals surface area contributed by atoms with Gasteiger partial charge >= 0.3 is 5.97 Å². The quantitative estimate of drug-likeness (QED) is 0.530. The topological polar surface area (TPSA) is 39.4 Å². The lowest BCUT2D eigenvalue weighted by atomic mass is 10.1. The molecule has 2 aromatic carbocycles. The van der Waals surface area contributed by atoms with Crippen LogP contribution in [-0.2, 0) is 9.53 Å². The first-order valence-electron chi connectivity index (χ1n) is 6.62. The molecule has 21 heavy (non-hydrogen) atoms. The van der Waals surface area contributed by atoms with E-state index in [1.54, 1.807) is 6.08 Å². The molecule has 0 spiro atoms. The van der Waals surface area contributed by atoms with Gasteiger partial charge in [-0.2, -0.15) is 0 Å². The number of hydrogen-bond donors (Lipinski definition) is 0. The average molecular weight is 278 g/mol. The largest absolute Gasteiger partial charge is 0.466 e. The number of fused-ring (bicyclic) bond motifs is 1. The Hall–Kier alpha value is -2.81. The molecule has 0 amide bonds. The Bertz CT molecular complexity index is 798. The first-order valence-corrected chi connectivity index (χ1v) is 6.62. The molecule has 1 aromatic heterocycles.